The zero-order chi connectivity index (χ0) is 18.7. The van der Waals surface area contributed by atoms with Crippen molar-refractivity contribution >= 4 is 11.8 Å². The van der Waals surface area contributed by atoms with E-state index in [1.807, 2.05) is 29.2 Å². The van der Waals surface area contributed by atoms with Crippen LogP contribution in [0.1, 0.15) is 45.1 Å². The van der Waals surface area contributed by atoms with E-state index in [-0.39, 0.29) is 17.7 Å². The fourth-order valence-electron chi connectivity index (χ4n) is 4.30. The van der Waals surface area contributed by atoms with E-state index in [1.165, 1.54) is 12.8 Å². The number of rotatable bonds is 5. The summed E-state index contributed by atoms with van der Waals surface area (Å²) in [7, 11) is 1.63. The average Bonchev–Trinajstić information content (AvgIpc) is 3.04. The number of ether oxygens (including phenoxy) is 1. The van der Waals surface area contributed by atoms with Crippen LogP contribution in [0.4, 0.5) is 0 Å². The molecule has 1 aromatic carbocycles. The molecule has 2 aliphatic rings. The summed E-state index contributed by atoms with van der Waals surface area (Å²) >= 11 is 0. The van der Waals surface area contributed by atoms with Gasteiger partial charge in [-0.3, -0.25) is 9.59 Å². The molecular weight excluding hydrogens is 328 g/mol. The summed E-state index contributed by atoms with van der Waals surface area (Å²) in [6, 6.07) is 7.94. The predicted molar refractivity (Wildman–Crippen MR) is 101 cm³/mol. The molecule has 1 aliphatic heterocycles. The van der Waals surface area contributed by atoms with Gasteiger partial charge in [0.05, 0.1) is 13.0 Å². The number of nitrogens with one attached hydrogen (secondary N) is 1. The van der Waals surface area contributed by atoms with Crippen molar-refractivity contribution in [2.24, 2.45) is 17.8 Å². The maximum Gasteiger partial charge on any atom is 0.225 e. The van der Waals surface area contributed by atoms with Crippen LogP contribution in [-0.2, 0) is 16.1 Å². The van der Waals surface area contributed by atoms with Gasteiger partial charge in [-0.2, -0.15) is 0 Å². The quantitative estimate of drug-likeness (QED) is 0.880. The van der Waals surface area contributed by atoms with Crippen LogP contribution in [0.5, 0.6) is 5.75 Å². The van der Waals surface area contributed by atoms with Crippen LogP contribution in [0.15, 0.2) is 24.3 Å². The van der Waals surface area contributed by atoms with Crippen LogP contribution in [0, 0.1) is 17.8 Å². The highest BCUT2D eigenvalue weighted by Gasteiger charge is 2.41. The van der Waals surface area contributed by atoms with Crippen molar-refractivity contribution in [1.29, 1.82) is 0 Å². The molecule has 1 heterocycles. The number of likely N-dealkylation sites (tertiary alicyclic amines) is 1. The largest absolute Gasteiger partial charge is 0.497 e. The van der Waals surface area contributed by atoms with Crippen LogP contribution < -0.4 is 10.1 Å². The predicted octanol–water partition coefficient (Wildman–Crippen LogP) is 2.98. The van der Waals surface area contributed by atoms with Gasteiger partial charge in [-0.25, -0.2) is 0 Å². The molecule has 0 radical (unpaired) electrons. The summed E-state index contributed by atoms with van der Waals surface area (Å²) in [5.41, 5.74) is 1.02. The second-order valence-corrected chi connectivity index (χ2v) is 7.85. The van der Waals surface area contributed by atoms with Gasteiger partial charge in [0, 0.05) is 25.6 Å². The molecule has 5 heteroatoms. The number of hydrogen-bond acceptors (Lipinski definition) is 3. The standard InChI is InChI=1S/C21H30N2O3/c1-14-5-4-6-19(15(14)2)23-13-17(11-20(23)24)21(25)22-12-16-7-9-18(26-3)10-8-16/h7-10,14-15,17,19H,4-6,11-13H2,1-3H3,(H,22,25)/t14-,15-,17-,19-/m1/s1. The molecule has 0 unspecified atom stereocenters. The lowest BCUT2D eigenvalue weighted by molar-refractivity contribution is -0.132. The Hall–Kier alpha value is -2.04. The molecule has 2 fully saturated rings. The van der Waals surface area contributed by atoms with E-state index in [0.717, 1.165) is 17.7 Å². The van der Waals surface area contributed by atoms with Crippen molar-refractivity contribution in [2.45, 2.75) is 52.1 Å². The van der Waals surface area contributed by atoms with E-state index in [2.05, 4.69) is 19.2 Å². The molecule has 2 amide bonds. The van der Waals surface area contributed by atoms with Crippen LogP contribution in [0.25, 0.3) is 0 Å². The van der Waals surface area contributed by atoms with Crippen LogP contribution in [0.3, 0.4) is 0 Å². The first-order valence-electron chi connectivity index (χ1n) is 9.69. The third-order valence-electron chi connectivity index (χ3n) is 6.22. The molecule has 26 heavy (non-hydrogen) atoms. The molecule has 0 bridgehead atoms. The molecule has 1 saturated heterocycles. The number of methoxy groups -OCH3 is 1. The van der Waals surface area contributed by atoms with E-state index >= 15 is 0 Å². The molecular formula is C21H30N2O3. The molecule has 5 nitrogen and oxygen atoms in total. The molecule has 142 valence electrons. The smallest absolute Gasteiger partial charge is 0.225 e. The maximum atomic E-state index is 12.5. The fourth-order valence-corrected chi connectivity index (χ4v) is 4.30. The summed E-state index contributed by atoms with van der Waals surface area (Å²) < 4.78 is 5.14. The molecule has 0 aromatic heterocycles. The summed E-state index contributed by atoms with van der Waals surface area (Å²) in [5, 5.41) is 2.98. The summed E-state index contributed by atoms with van der Waals surface area (Å²) in [5.74, 6) is 1.84. The first-order chi connectivity index (χ1) is 12.5. The number of nitrogens with zero attached hydrogens (tertiary/aromatic N) is 1. The van der Waals surface area contributed by atoms with Gasteiger partial charge in [-0.15, -0.1) is 0 Å². The monoisotopic (exact) mass is 358 g/mol. The molecule has 1 saturated carbocycles. The summed E-state index contributed by atoms with van der Waals surface area (Å²) in [4.78, 5) is 27.0. The van der Waals surface area contributed by atoms with Crippen molar-refractivity contribution < 1.29 is 14.3 Å². The molecule has 3 rings (SSSR count). The Morgan fingerprint density at radius 2 is 1.96 bits per heavy atom. The van der Waals surface area contributed by atoms with Crippen molar-refractivity contribution in [3.05, 3.63) is 29.8 Å². The Kier molecular flexibility index (Phi) is 5.84. The van der Waals surface area contributed by atoms with Gasteiger partial charge in [0.15, 0.2) is 0 Å². The third kappa shape index (κ3) is 4.02. The van der Waals surface area contributed by atoms with Crippen LogP contribution in [-0.4, -0.2) is 36.4 Å². The lowest BCUT2D eigenvalue weighted by atomic mass is 9.77. The van der Waals surface area contributed by atoms with E-state index in [4.69, 9.17) is 4.74 Å². The van der Waals surface area contributed by atoms with Gasteiger partial charge in [0.1, 0.15) is 5.75 Å². The van der Waals surface area contributed by atoms with E-state index in [9.17, 15) is 9.59 Å². The zero-order valence-corrected chi connectivity index (χ0v) is 16.0. The number of carbonyl (C=O) groups is 2. The van der Waals surface area contributed by atoms with Crippen LogP contribution >= 0.6 is 0 Å². The van der Waals surface area contributed by atoms with E-state index < -0.39 is 0 Å². The van der Waals surface area contributed by atoms with Crippen LogP contribution in [0.2, 0.25) is 0 Å². The molecule has 1 aliphatic carbocycles. The summed E-state index contributed by atoms with van der Waals surface area (Å²) in [6.07, 6.45) is 3.82. The molecule has 1 N–H and O–H groups in total. The summed E-state index contributed by atoms with van der Waals surface area (Å²) in [6.45, 7) is 5.56. The number of benzene rings is 1. The Labute approximate surface area is 156 Å². The highest BCUT2D eigenvalue weighted by atomic mass is 16.5. The molecule has 0 spiro atoms. The van der Waals surface area contributed by atoms with Gasteiger partial charge in [0.25, 0.3) is 0 Å². The number of carbonyl (C=O) groups excluding carboxylic acids is 2. The SMILES string of the molecule is COc1ccc(CNC(=O)[C@@H]2CC(=O)N([C@@H]3CCC[C@@H](C)[C@H]3C)C2)cc1. The Bertz CT molecular complexity index is 643. The van der Waals surface area contributed by atoms with Crippen molar-refractivity contribution in [3.63, 3.8) is 0 Å². The molecule has 4 atom stereocenters. The first kappa shape index (κ1) is 18.7. The van der Waals surface area contributed by atoms with Gasteiger partial charge in [-0.1, -0.05) is 38.8 Å². The van der Waals surface area contributed by atoms with E-state index in [1.54, 1.807) is 7.11 Å². The number of amides is 2. The van der Waals surface area contributed by atoms with Crippen molar-refractivity contribution in [2.75, 3.05) is 13.7 Å². The Balaban J connectivity index is 1.54. The Morgan fingerprint density at radius 3 is 2.65 bits per heavy atom. The highest BCUT2D eigenvalue weighted by Crippen LogP contribution is 2.35. The number of hydrogen-bond donors (Lipinski definition) is 1. The van der Waals surface area contributed by atoms with Crippen molar-refractivity contribution in [3.8, 4) is 5.75 Å². The topological polar surface area (TPSA) is 58.6 Å². The Morgan fingerprint density at radius 1 is 1.23 bits per heavy atom. The minimum Gasteiger partial charge on any atom is -0.497 e. The zero-order valence-electron chi connectivity index (χ0n) is 16.0. The lowest BCUT2D eigenvalue weighted by Gasteiger charge is -2.40. The second kappa shape index (κ2) is 8.11. The van der Waals surface area contributed by atoms with E-state index in [0.29, 0.717) is 37.4 Å². The maximum absolute atomic E-state index is 12.5. The fraction of sp³-hybridized carbons (Fsp3) is 0.619. The first-order valence-corrected chi connectivity index (χ1v) is 9.69. The van der Waals surface area contributed by atoms with Gasteiger partial charge < -0.3 is 15.0 Å². The highest BCUT2D eigenvalue weighted by molar-refractivity contribution is 5.89. The normalized spacial score (nSPS) is 28.9. The van der Waals surface area contributed by atoms with Gasteiger partial charge in [0.2, 0.25) is 11.8 Å². The molecule has 1 aromatic rings. The average molecular weight is 358 g/mol. The minimum atomic E-state index is -0.231. The second-order valence-electron chi connectivity index (χ2n) is 7.85. The van der Waals surface area contributed by atoms with Gasteiger partial charge in [-0.05, 0) is 36.0 Å². The third-order valence-corrected chi connectivity index (χ3v) is 6.22. The minimum absolute atomic E-state index is 0.0202. The van der Waals surface area contributed by atoms with Gasteiger partial charge >= 0.3 is 0 Å². The lowest BCUT2D eigenvalue weighted by Crippen LogP contribution is -2.45. The van der Waals surface area contributed by atoms with Crippen molar-refractivity contribution in [1.82, 2.24) is 10.2 Å².